The van der Waals surface area contributed by atoms with Crippen LogP contribution in [0.15, 0.2) is 77.7 Å². The molecular weight excluding hydrogens is 464 g/mol. The maximum atomic E-state index is 14.0. The van der Waals surface area contributed by atoms with Crippen molar-refractivity contribution < 1.29 is 22.7 Å². The molecule has 1 heterocycles. The normalized spacial score (nSPS) is 14.3. The van der Waals surface area contributed by atoms with E-state index >= 15 is 0 Å². The Hall–Kier alpha value is -3.78. The minimum Gasteiger partial charge on any atom is -0.493 e. The van der Waals surface area contributed by atoms with Gasteiger partial charge < -0.3 is 14.4 Å². The van der Waals surface area contributed by atoms with E-state index in [2.05, 4.69) is 0 Å². The lowest BCUT2D eigenvalue weighted by molar-refractivity contribution is -0.127. The van der Waals surface area contributed by atoms with Crippen LogP contribution in [0.3, 0.4) is 0 Å². The molecule has 0 saturated heterocycles. The lowest BCUT2D eigenvalue weighted by atomic mass is 10.0. The van der Waals surface area contributed by atoms with E-state index in [1.807, 2.05) is 60.7 Å². The van der Waals surface area contributed by atoms with Crippen molar-refractivity contribution >= 4 is 27.2 Å². The van der Waals surface area contributed by atoms with E-state index in [4.69, 9.17) is 9.47 Å². The number of fused-ring (bicyclic) bond motifs is 1. The number of hydrogen-bond acceptors (Lipinski definition) is 5. The molecule has 0 fully saturated rings. The summed E-state index contributed by atoms with van der Waals surface area (Å²) in [6.45, 7) is 2.19. The van der Waals surface area contributed by atoms with E-state index in [9.17, 15) is 13.2 Å². The van der Waals surface area contributed by atoms with Gasteiger partial charge in [-0.05, 0) is 29.7 Å². The van der Waals surface area contributed by atoms with Gasteiger partial charge in [0, 0.05) is 31.8 Å². The molecule has 0 aromatic heterocycles. The van der Waals surface area contributed by atoms with Crippen LogP contribution < -0.4 is 13.8 Å². The van der Waals surface area contributed by atoms with Crippen LogP contribution in [0.5, 0.6) is 11.5 Å². The molecule has 0 atom stereocenters. The lowest BCUT2D eigenvalue weighted by Gasteiger charge is -2.33. The Bertz CT molecular complexity index is 1330. The number of ether oxygens (including phenoxy) is 2. The Balaban J connectivity index is 1.84. The summed E-state index contributed by atoms with van der Waals surface area (Å²) in [6.07, 6.45) is 0. The molecule has 0 spiro atoms. The van der Waals surface area contributed by atoms with Gasteiger partial charge in [0.05, 0.1) is 19.9 Å². The molecular formula is C27H28N2O5S. The van der Waals surface area contributed by atoms with Gasteiger partial charge in [-0.25, -0.2) is 8.42 Å². The first-order valence-electron chi connectivity index (χ1n) is 11.1. The second kappa shape index (κ2) is 9.84. The maximum Gasteiger partial charge on any atom is 0.269 e. The number of methoxy groups -OCH3 is 2. The number of allylic oxidation sites excluding steroid dienone is 1. The summed E-state index contributed by atoms with van der Waals surface area (Å²) in [7, 11) is 0.334. The zero-order chi connectivity index (χ0) is 25.2. The second-order valence-corrected chi connectivity index (χ2v) is 10.2. The highest BCUT2D eigenvalue weighted by molar-refractivity contribution is 7.97. The van der Waals surface area contributed by atoms with Crippen LogP contribution in [0.2, 0.25) is 0 Å². The molecule has 0 aliphatic carbocycles. The molecule has 0 bridgehead atoms. The highest BCUT2D eigenvalue weighted by Gasteiger charge is 2.40. The summed E-state index contributed by atoms with van der Waals surface area (Å²) >= 11 is 0. The first-order valence-corrected chi connectivity index (χ1v) is 12.5. The predicted octanol–water partition coefficient (Wildman–Crippen LogP) is 4.44. The Morgan fingerprint density at radius 3 is 1.83 bits per heavy atom. The van der Waals surface area contributed by atoms with Gasteiger partial charge in [-0.1, -0.05) is 60.7 Å². The zero-order valence-electron chi connectivity index (χ0n) is 20.2. The second-order valence-electron chi connectivity index (χ2n) is 8.28. The van der Waals surface area contributed by atoms with E-state index in [0.29, 0.717) is 28.3 Å². The third-order valence-electron chi connectivity index (χ3n) is 6.12. The molecule has 1 amide bonds. The molecule has 3 aromatic carbocycles. The highest BCUT2D eigenvalue weighted by Crippen LogP contribution is 2.44. The number of anilines is 1. The van der Waals surface area contributed by atoms with Crippen molar-refractivity contribution in [1.29, 1.82) is 0 Å². The van der Waals surface area contributed by atoms with Crippen LogP contribution in [0.25, 0.3) is 5.57 Å². The van der Waals surface area contributed by atoms with Crippen molar-refractivity contribution in [2.75, 3.05) is 25.6 Å². The third kappa shape index (κ3) is 4.61. The molecule has 1 aliphatic rings. The molecule has 182 valence electrons. The predicted molar refractivity (Wildman–Crippen MR) is 137 cm³/mol. The molecule has 0 unspecified atom stereocenters. The Morgan fingerprint density at radius 2 is 1.34 bits per heavy atom. The topological polar surface area (TPSA) is 76.1 Å². The largest absolute Gasteiger partial charge is 0.493 e. The van der Waals surface area contributed by atoms with Crippen LogP contribution in [0.1, 0.15) is 23.6 Å². The van der Waals surface area contributed by atoms with E-state index in [0.717, 1.165) is 15.4 Å². The van der Waals surface area contributed by atoms with Gasteiger partial charge in [0.2, 0.25) is 0 Å². The average Bonchev–Trinajstić information content (AvgIpc) is 2.87. The van der Waals surface area contributed by atoms with Gasteiger partial charge in [-0.2, -0.15) is 0 Å². The van der Waals surface area contributed by atoms with E-state index in [1.54, 1.807) is 24.0 Å². The third-order valence-corrected chi connectivity index (χ3v) is 8.03. The molecule has 1 aliphatic heterocycles. The molecule has 8 heteroatoms. The van der Waals surface area contributed by atoms with Crippen LogP contribution in [-0.4, -0.2) is 40.5 Å². The fourth-order valence-electron chi connectivity index (χ4n) is 4.23. The number of nitrogens with zero attached hydrogens (tertiary/aromatic N) is 2. The van der Waals surface area contributed by atoms with Crippen molar-refractivity contribution in [3.8, 4) is 11.5 Å². The number of sulfonamides is 1. The number of benzene rings is 3. The van der Waals surface area contributed by atoms with Crippen molar-refractivity contribution in [3.63, 3.8) is 0 Å². The van der Waals surface area contributed by atoms with Gasteiger partial charge >= 0.3 is 0 Å². The molecule has 4 rings (SSSR count). The standard InChI is InChI=1S/C27H28N2O5S/c1-19-22-15-24(33-3)25(34-4)16-23(22)28(2)35(31,32)26(19)27(30)29(17-20-11-7-5-8-12-20)18-21-13-9-6-10-14-21/h5-16H,17-18H2,1-4H3. The Labute approximate surface area is 206 Å². The summed E-state index contributed by atoms with van der Waals surface area (Å²) in [6, 6.07) is 22.4. The average molecular weight is 493 g/mol. The maximum absolute atomic E-state index is 14.0. The van der Waals surface area contributed by atoms with Crippen LogP contribution in [-0.2, 0) is 27.9 Å². The summed E-state index contributed by atoms with van der Waals surface area (Å²) in [4.78, 5) is 15.3. The van der Waals surface area contributed by atoms with E-state index < -0.39 is 15.9 Å². The van der Waals surface area contributed by atoms with E-state index in [1.165, 1.54) is 21.3 Å². The number of hydrogen-bond donors (Lipinski definition) is 0. The summed E-state index contributed by atoms with van der Waals surface area (Å²) in [5.41, 5.74) is 3.21. The van der Waals surface area contributed by atoms with Gasteiger partial charge in [-0.15, -0.1) is 0 Å². The molecule has 0 N–H and O–H groups in total. The van der Waals surface area contributed by atoms with Gasteiger partial charge in [-0.3, -0.25) is 9.10 Å². The van der Waals surface area contributed by atoms with Crippen molar-refractivity contribution in [1.82, 2.24) is 4.90 Å². The summed E-state index contributed by atoms with van der Waals surface area (Å²) in [5, 5.41) is 0. The number of carbonyl (C=O) groups excluding carboxylic acids is 1. The van der Waals surface area contributed by atoms with Crippen molar-refractivity contribution in [2.24, 2.45) is 0 Å². The number of rotatable bonds is 7. The van der Waals surface area contributed by atoms with Gasteiger partial charge in [0.1, 0.15) is 0 Å². The monoisotopic (exact) mass is 492 g/mol. The zero-order valence-corrected chi connectivity index (χ0v) is 21.0. The molecule has 35 heavy (non-hydrogen) atoms. The summed E-state index contributed by atoms with van der Waals surface area (Å²) in [5.74, 6) is 0.309. The molecule has 7 nitrogen and oxygen atoms in total. The minimum absolute atomic E-state index is 0.244. The summed E-state index contributed by atoms with van der Waals surface area (Å²) < 4.78 is 39.2. The fourth-order valence-corrected chi connectivity index (χ4v) is 5.76. The molecule has 3 aromatic rings. The highest BCUT2D eigenvalue weighted by atomic mass is 32.2. The number of carbonyl (C=O) groups is 1. The smallest absolute Gasteiger partial charge is 0.269 e. The van der Waals surface area contributed by atoms with Gasteiger partial charge in [0.25, 0.3) is 15.9 Å². The molecule has 0 radical (unpaired) electrons. The van der Waals surface area contributed by atoms with Crippen molar-refractivity contribution in [3.05, 3.63) is 94.4 Å². The Kier molecular flexibility index (Phi) is 6.84. The first-order chi connectivity index (χ1) is 16.8. The van der Waals surface area contributed by atoms with Crippen LogP contribution >= 0.6 is 0 Å². The SMILES string of the molecule is COc1cc2c(cc1OC)N(C)S(=O)(=O)C(C(=O)N(Cc1ccccc1)Cc1ccccc1)=C2C. The number of amides is 1. The van der Waals surface area contributed by atoms with Crippen LogP contribution in [0, 0.1) is 0 Å². The lowest BCUT2D eigenvalue weighted by Crippen LogP contribution is -2.40. The van der Waals surface area contributed by atoms with Crippen LogP contribution in [0.4, 0.5) is 5.69 Å². The quantitative estimate of drug-likeness (QED) is 0.487. The minimum atomic E-state index is -4.11. The Morgan fingerprint density at radius 1 is 0.857 bits per heavy atom. The first kappa shape index (κ1) is 24.3. The van der Waals surface area contributed by atoms with E-state index in [-0.39, 0.29) is 18.0 Å². The van der Waals surface area contributed by atoms with Crippen molar-refractivity contribution in [2.45, 2.75) is 20.0 Å². The van der Waals surface area contributed by atoms with Gasteiger partial charge in [0.15, 0.2) is 16.4 Å². The molecule has 0 saturated carbocycles. The fraction of sp³-hybridized carbons (Fsp3) is 0.222.